The van der Waals surface area contributed by atoms with E-state index in [9.17, 15) is 9.59 Å². The van der Waals surface area contributed by atoms with Crippen LogP contribution >= 0.6 is 0 Å². The Morgan fingerprint density at radius 3 is 2.62 bits per heavy atom. The van der Waals surface area contributed by atoms with Crippen molar-refractivity contribution in [3.8, 4) is 0 Å². The smallest absolute Gasteiger partial charge is 0.316 e. The number of ketones is 1. The van der Waals surface area contributed by atoms with Crippen LogP contribution in [0.25, 0.3) is 0 Å². The average molecular weight is 184 g/mol. The minimum Gasteiger partial charge on any atom is -0.468 e. The zero-order valence-corrected chi connectivity index (χ0v) is 8.42. The lowest BCUT2D eigenvalue weighted by Crippen LogP contribution is -2.41. The summed E-state index contributed by atoms with van der Waals surface area (Å²) in [7, 11) is 1.33. The number of carbonyl (C=O) groups excluding carboxylic acids is 2. The molecule has 0 aromatic heterocycles. The fraction of sp³-hybridized carbons (Fsp3) is 0.800. The van der Waals surface area contributed by atoms with E-state index in [-0.39, 0.29) is 17.2 Å². The second-order valence-corrected chi connectivity index (χ2v) is 4.26. The molecule has 0 aromatic carbocycles. The zero-order valence-electron chi connectivity index (χ0n) is 8.42. The first-order valence-electron chi connectivity index (χ1n) is 4.59. The lowest BCUT2D eigenvalue weighted by molar-refractivity contribution is -0.156. The van der Waals surface area contributed by atoms with E-state index >= 15 is 0 Å². The van der Waals surface area contributed by atoms with Crippen molar-refractivity contribution in [2.45, 2.75) is 33.1 Å². The molecule has 1 saturated carbocycles. The van der Waals surface area contributed by atoms with Gasteiger partial charge in [-0.05, 0) is 18.3 Å². The van der Waals surface area contributed by atoms with Crippen LogP contribution in [0.2, 0.25) is 0 Å². The molecule has 1 aliphatic carbocycles. The predicted molar refractivity (Wildman–Crippen MR) is 48.1 cm³/mol. The summed E-state index contributed by atoms with van der Waals surface area (Å²) in [5.41, 5.74) is -0.234. The molecule has 3 heteroatoms. The van der Waals surface area contributed by atoms with E-state index in [2.05, 4.69) is 4.74 Å². The molecule has 1 unspecified atom stereocenters. The summed E-state index contributed by atoms with van der Waals surface area (Å²) in [5, 5.41) is 0. The summed E-state index contributed by atoms with van der Waals surface area (Å²) in [5.74, 6) is -0.899. The number of carbonyl (C=O) groups is 2. The maximum atomic E-state index is 11.5. The van der Waals surface area contributed by atoms with Crippen LogP contribution in [0.5, 0.6) is 0 Å². The summed E-state index contributed by atoms with van der Waals surface area (Å²) in [6, 6.07) is 0. The maximum Gasteiger partial charge on any atom is 0.316 e. The second-order valence-electron chi connectivity index (χ2n) is 4.26. The topological polar surface area (TPSA) is 43.4 Å². The van der Waals surface area contributed by atoms with Gasteiger partial charge in [-0.25, -0.2) is 0 Å². The van der Waals surface area contributed by atoms with Gasteiger partial charge in [0.15, 0.2) is 0 Å². The van der Waals surface area contributed by atoms with Gasteiger partial charge in [0.25, 0.3) is 0 Å². The van der Waals surface area contributed by atoms with Crippen LogP contribution in [0.4, 0.5) is 0 Å². The molecule has 0 radical (unpaired) electrons. The minimum atomic E-state index is -0.550. The molecule has 0 aromatic rings. The number of hydrogen-bond donors (Lipinski definition) is 0. The fourth-order valence-electron chi connectivity index (χ4n) is 2.01. The molecule has 0 bridgehead atoms. The van der Waals surface area contributed by atoms with Crippen molar-refractivity contribution in [3.63, 3.8) is 0 Å². The zero-order chi connectivity index (χ0) is 10.1. The summed E-state index contributed by atoms with van der Waals surface area (Å²) < 4.78 is 4.64. The molecule has 1 atom stereocenters. The van der Waals surface area contributed by atoms with Crippen LogP contribution in [0.15, 0.2) is 0 Å². The van der Waals surface area contributed by atoms with E-state index in [1.807, 2.05) is 13.8 Å². The van der Waals surface area contributed by atoms with E-state index in [0.29, 0.717) is 6.42 Å². The van der Waals surface area contributed by atoms with E-state index in [1.165, 1.54) is 7.11 Å². The molecule has 0 aliphatic heterocycles. The Bertz CT molecular complexity index is 222. The first-order valence-corrected chi connectivity index (χ1v) is 4.59. The van der Waals surface area contributed by atoms with Gasteiger partial charge in [-0.2, -0.15) is 0 Å². The molecule has 0 amide bonds. The van der Waals surface area contributed by atoms with Crippen LogP contribution in [0.3, 0.4) is 0 Å². The SMILES string of the molecule is COC(=O)C1C(=O)CCCC1(C)C. The van der Waals surface area contributed by atoms with Crippen molar-refractivity contribution in [3.05, 3.63) is 0 Å². The molecule has 0 spiro atoms. The Balaban J connectivity index is 2.87. The molecule has 0 N–H and O–H groups in total. The summed E-state index contributed by atoms with van der Waals surface area (Å²) in [4.78, 5) is 22.9. The van der Waals surface area contributed by atoms with Crippen molar-refractivity contribution < 1.29 is 14.3 Å². The first kappa shape index (κ1) is 10.2. The van der Waals surface area contributed by atoms with Crippen LogP contribution in [-0.2, 0) is 14.3 Å². The maximum absolute atomic E-state index is 11.5. The molecule has 1 aliphatic rings. The molecule has 1 rings (SSSR count). The second kappa shape index (κ2) is 3.48. The van der Waals surface area contributed by atoms with E-state index in [0.717, 1.165) is 12.8 Å². The number of esters is 1. The largest absolute Gasteiger partial charge is 0.468 e. The third-order valence-electron chi connectivity index (χ3n) is 2.78. The van der Waals surface area contributed by atoms with Gasteiger partial charge < -0.3 is 4.74 Å². The monoisotopic (exact) mass is 184 g/mol. The standard InChI is InChI=1S/C10H16O3/c1-10(2)6-4-5-7(11)8(10)9(12)13-3/h8H,4-6H2,1-3H3. The molecular formula is C10H16O3. The molecule has 3 nitrogen and oxygen atoms in total. The van der Waals surface area contributed by atoms with Crippen molar-refractivity contribution in [1.29, 1.82) is 0 Å². The Morgan fingerprint density at radius 1 is 1.54 bits per heavy atom. The highest BCUT2D eigenvalue weighted by Crippen LogP contribution is 2.38. The van der Waals surface area contributed by atoms with Gasteiger partial charge in [0.1, 0.15) is 11.7 Å². The first-order chi connectivity index (χ1) is 5.99. The molecule has 74 valence electrons. The number of ether oxygens (including phenoxy) is 1. The Kier molecular flexibility index (Phi) is 2.74. The lowest BCUT2D eigenvalue weighted by Gasteiger charge is -2.35. The molecular weight excluding hydrogens is 168 g/mol. The predicted octanol–water partition coefficient (Wildman–Crippen LogP) is 1.55. The molecule has 0 saturated heterocycles. The highest BCUT2D eigenvalue weighted by atomic mass is 16.5. The van der Waals surface area contributed by atoms with Crippen molar-refractivity contribution in [1.82, 2.24) is 0 Å². The van der Waals surface area contributed by atoms with Gasteiger partial charge in [0, 0.05) is 6.42 Å². The van der Waals surface area contributed by atoms with E-state index < -0.39 is 5.92 Å². The van der Waals surface area contributed by atoms with Crippen molar-refractivity contribution in [2.75, 3.05) is 7.11 Å². The highest BCUT2D eigenvalue weighted by Gasteiger charge is 2.43. The number of rotatable bonds is 1. The van der Waals surface area contributed by atoms with Gasteiger partial charge in [0.05, 0.1) is 7.11 Å². The van der Waals surface area contributed by atoms with Gasteiger partial charge in [-0.3, -0.25) is 9.59 Å². The molecule has 1 fully saturated rings. The van der Waals surface area contributed by atoms with E-state index in [4.69, 9.17) is 0 Å². The van der Waals surface area contributed by atoms with Gasteiger partial charge >= 0.3 is 5.97 Å². The summed E-state index contributed by atoms with van der Waals surface area (Å²) >= 11 is 0. The average Bonchev–Trinajstić information content (AvgIpc) is 2.02. The summed E-state index contributed by atoms with van der Waals surface area (Å²) in [6.07, 6.45) is 2.32. The Labute approximate surface area is 78.5 Å². The normalized spacial score (nSPS) is 27.0. The minimum absolute atomic E-state index is 0.0306. The third-order valence-corrected chi connectivity index (χ3v) is 2.78. The van der Waals surface area contributed by atoms with E-state index in [1.54, 1.807) is 0 Å². The van der Waals surface area contributed by atoms with Gasteiger partial charge in [-0.1, -0.05) is 13.8 Å². The third kappa shape index (κ3) is 1.90. The Hall–Kier alpha value is -0.860. The van der Waals surface area contributed by atoms with Crippen LogP contribution in [0.1, 0.15) is 33.1 Å². The van der Waals surface area contributed by atoms with Crippen molar-refractivity contribution >= 4 is 11.8 Å². The number of methoxy groups -OCH3 is 1. The van der Waals surface area contributed by atoms with Crippen LogP contribution < -0.4 is 0 Å². The van der Waals surface area contributed by atoms with Gasteiger partial charge in [-0.15, -0.1) is 0 Å². The molecule has 13 heavy (non-hydrogen) atoms. The number of Topliss-reactive ketones (excluding diaryl/α,β-unsaturated/α-hetero) is 1. The highest BCUT2D eigenvalue weighted by molar-refractivity contribution is 6.00. The Morgan fingerprint density at radius 2 is 2.15 bits per heavy atom. The fourth-order valence-corrected chi connectivity index (χ4v) is 2.01. The van der Waals surface area contributed by atoms with Crippen molar-refractivity contribution in [2.24, 2.45) is 11.3 Å². The summed E-state index contributed by atoms with van der Waals surface area (Å²) in [6.45, 7) is 3.90. The van der Waals surface area contributed by atoms with Crippen LogP contribution in [0, 0.1) is 11.3 Å². The van der Waals surface area contributed by atoms with Gasteiger partial charge in [0.2, 0.25) is 0 Å². The molecule has 0 heterocycles. The number of hydrogen-bond acceptors (Lipinski definition) is 3. The van der Waals surface area contributed by atoms with Crippen LogP contribution in [-0.4, -0.2) is 18.9 Å². The quantitative estimate of drug-likeness (QED) is 0.458. The lowest BCUT2D eigenvalue weighted by atomic mass is 9.68.